The Morgan fingerprint density at radius 1 is 1.15 bits per heavy atom. The van der Waals surface area contributed by atoms with Gasteiger partial charge in [-0.1, -0.05) is 45.9 Å². The average Bonchev–Trinajstić information content (AvgIpc) is 3.48. The van der Waals surface area contributed by atoms with Crippen LogP contribution in [0.5, 0.6) is 0 Å². The predicted octanol–water partition coefficient (Wildman–Crippen LogP) is 5.56. The number of rotatable bonds is 2. The Labute approximate surface area is 231 Å². The van der Waals surface area contributed by atoms with Crippen LogP contribution in [0.4, 0.5) is 5.69 Å². The van der Waals surface area contributed by atoms with Gasteiger partial charge in [0, 0.05) is 52.6 Å². The number of fused-ring (bicyclic) bond motifs is 6. The minimum Gasteiger partial charge on any atom is -0.485 e. The van der Waals surface area contributed by atoms with Crippen LogP contribution in [-0.4, -0.2) is 29.3 Å². The molecule has 0 fully saturated rings. The molecule has 1 atom stereocenters. The van der Waals surface area contributed by atoms with Gasteiger partial charge in [-0.25, -0.2) is 10.8 Å². The van der Waals surface area contributed by atoms with Crippen LogP contribution in [0.3, 0.4) is 0 Å². The third kappa shape index (κ3) is 3.85. The Bertz CT molecular complexity index is 1670. The molecule has 4 aliphatic rings. The van der Waals surface area contributed by atoms with Crippen LogP contribution in [0.15, 0.2) is 83.3 Å². The van der Waals surface area contributed by atoms with Gasteiger partial charge in [0.1, 0.15) is 16.9 Å². The number of nitrogens with one attached hydrogen (secondary N) is 1. The second kappa shape index (κ2) is 9.32. The molecule has 3 aliphatic heterocycles. The summed E-state index contributed by atoms with van der Waals surface area (Å²) in [6.45, 7) is 9.42. The molecule has 0 radical (unpaired) electrons. The summed E-state index contributed by atoms with van der Waals surface area (Å²) in [5.74, 6) is 5.39. The zero-order valence-electron chi connectivity index (χ0n) is 22.4. The highest BCUT2D eigenvalue weighted by Crippen LogP contribution is 2.53. The van der Waals surface area contributed by atoms with Gasteiger partial charge in [-0.3, -0.25) is 15.0 Å². The molecule has 1 aromatic heterocycles. The number of aromatic nitrogens is 1. The maximum absolute atomic E-state index is 13.2. The number of thiazole rings is 1. The summed E-state index contributed by atoms with van der Waals surface area (Å²) in [7, 11) is 0. The van der Waals surface area contributed by atoms with Crippen molar-refractivity contribution in [3.05, 3.63) is 99.4 Å². The summed E-state index contributed by atoms with van der Waals surface area (Å²) in [6, 6.07) is 13.8. The molecule has 3 aromatic rings. The van der Waals surface area contributed by atoms with Crippen LogP contribution >= 0.6 is 11.3 Å². The number of nitrogen functional groups attached to an aromatic ring is 1. The summed E-state index contributed by atoms with van der Waals surface area (Å²) in [4.78, 5) is 32.2. The van der Waals surface area contributed by atoms with Crippen molar-refractivity contribution >= 4 is 44.5 Å². The molecule has 198 valence electrons. The van der Waals surface area contributed by atoms with E-state index in [1.807, 2.05) is 19.9 Å². The molecule has 1 amide bonds. The number of hydrogen-bond donors (Lipinski definition) is 2. The second-order valence-electron chi connectivity index (χ2n) is 10.2. The van der Waals surface area contributed by atoms with Crippen molar-refractivity contribution in [1.82, 2.24) is 10.4 Å². The molecule has 39 heavy (non-hydrogen) atoms. The Hall–Kier alpha value is -4.01. The molecule has 4 heterocycles. The summed E-state index contributed by atoms with van der Waals surface area (Å²) < 4.78 is 7.24. The van der Waals surface area contributed by atoms with Crippen LogP contribution in [-0.2, 0) is 14.9 Å². The Balaban J connectivity index is 0.00000135. The van der Waals surface area contributed by atoms with Gasteiger partial charge in [0.2, 0.25) is 0 Å². The summed E-state index contributed by atoms with van der Waals surface area (Å²) in [5, 5.41) is 0.611. The summed E-state index contributed by atoms with van der Waals surface area (Å²) in [5.41, 5.74) is 9.61. The number of anilines is 1. The van der Waals surface area contributed by atoms with Gasteiger partial charge >= 0.3 is 0 Å². The molecule has 7 nitrogen and oxygen atoms in total. The lowest BCUT2D eigenvalue weighted by Crippen LogP contribution is -2.39. The van der Waals surface area contributed by atoms with Crippen molar-refractivity contribution in [2.45, 2.75) is 45.6 Å². The van der Waals surface area contributed by atoms with Gasteiger partial charge in [0.05, 0.1) is 15.8 Å². The van der Waals surface area contributed by atoms with Crippen LogP contribution in [0.25, 0.3) is 15.8 Å². The van der Waals surface area contributed by atoms with Crippen LogP contribution < -0.4 is 16.2 Å². The monoisotopic (exact) mass is 538 g/mol. The van der Waals surface area contributed by atoms with Gasteiger partial charge in [-0.05, 0) is 42.0 Å². The molecular formula is C31H30N4O3S. The third-order valence-corrected chi connectivity index (χ3v) is 8.72. The van der Waals surface area contributed by atoms with Crippen molar-refractivity contribution in [2.24, 2.45) is 5.84 Å². The number of benzene rings is 2. The largest absolute Gasteiger partial charge is 0.485 e. The molecule has 1 unspecified atom stereocenters. The van der Waals surface area contributed by atoms with Crippen LogP contribution in [0.2, 0.25) is 0 Å². The number of allylic oxidation sites excluding steroid dienone is 4. The molecule has 8 heteroatoms. The van der Waals surface area contributed by atoms with Gasteiger partial charge in [-0.2, -0.15) is 0 Å². The highest BCUT2D eigenvalue weighted by molar-refractivity contribution is 7.19. The zero-order chi connectivity index (χ0) is 27.5. The van der Waals surface area contributed by atoms with E-state index in [1.54, 1.807) is 24.3 Å². The number of carbonyl (C=O) groups excluding carboxylic acids is 2. The summed E-state index contributed by atoms with van der Waals surface area (Å²) >= 11 is 1.38. The SMILES string of the molecule is CC.CC1(C)C2=C3C=C4C=C(c5nc6ccc(C(=O)NN)cc6s5)C(=O)C=C4OC3CCN2c2ccccc21. The molecule has 0 saturated heterocycles. The highest BCUT2D eigenvalue weighted by atomic mass is 32.1. The molecule has 7 rings (SSSR count). The van der Waals surface area contributed by atoms with Gasteiger partial charge in [0.15, 0.2) is 5.78 Å². The zero-order valence-corrected chi connectivity index (χ0v) is 23.2. The van der Waals surface area contributed by atoms with E-state index in [0.29, 0.717) is 21.9 Å². The fourth-order valence-corrected chi connectivity index (χ4v) is 6.98. The number of ether oxygens (including phenoxy) is 1. The number of carbonyl (C=O) groups is 2. The summed E-state index contributed by atoms with van der Waals surface area (Å²) in [6.07, 6.45) is 6.44. The predicted molar refractivity (Wildman–Crippen MR) is 155 cm³/mol. The molecule has 0 saturated carbocycles. The van der Waals surface area contributed by atoms with Gasteiger partial charge in [-0.15, -0.1) is 11.3 Å². The number of nitrogens with zero attached hydrogens (tertiary/aromatic N) is 2. The van der Waals surface area contributed by atoms with E-state index in [2.05, 4.69) is 59.5 Å². The maximum atomic E-state index is 13.2. The smallest absolute Gasteiger partial charge is 0.265 e. The number of hydrazine groups is 1. The molecular weight excluding hydrogens is 508 g/mol. The van der Waals surface area contributed by atoms with E-state index in [1.165, 1.54) is 33.9 Å². The second-order valence-corrected chi connectivity index (χ2v) is 11.2. The van der Waals surface area contributed by atoms with Crippen molar-refractivity contribution < 1.29 is 14.3 Å². The minimum absolute atomic E-state index is 0.0767. The minimum atomic E-state index is -0.371. The van der Waals surface area contributed by atoms with Gasteiger partial charge in [0.25, 0.3) is 5.91 Å². The van der Waals surface area contributed by atoms with Crippen LogP contribution in [0, 0.1) is 0 Å². The Morgan fingerprint density at radius 3 is 2.74 bits per heavy atom. The fraction of sp³-hybridized carbons (Fsp3) is 0.258. The maximum Gasteiger partial charge on any atom is 0.265 e. The topological polar surface area (TPSA) is 97.6 Å². The quantitative estimate of drug-likeness (QED) is 0.252. The lowest BCUT2D eigenvalue weighted by Gasteiger charge is -2.40. The van der Waals surface area contributed by atoms with E-state index in [9.17, 15) is 9.59 Å². The van der Waals surface area contributed by atoms with E-state index in [-0.39, 0.29) is 23.2 Å². The molecule has 2 aromatic carbocycles. The number of ketones is 1. The number of para-hydroxylation sites is 1. The average molecular weight is 539 g/mol. The normalized spacial score (nSPS) is 20.3. The van der Waals surface area contributed by atoms with E-state index >= 15 is 0 Å². The highest BCUT2D eigenvalue weighted by Gasteiger charge is 2.46. The number of hydrogen-bond acceptors (Lipinski definition) is 7. The first-order chi connectivity index (χ1) is 18.8. The van der Waals surface area contributed by atoms with E-state index < -0.39 is 0 Å². The van der Waals surface area contributed by atoms with Crippen molar-refractivity contribution in [3.63, 3.8) is 0 Å². The number of nitrogens with two attached hydrogens (primary N) is 1. The fourth-order valence-electron chi connectivity index (χ4n) is 5.96. The molecule has 0 bridgehead atoms. The molecule has 0 spiro atoms. The first-order valence-corrected chi connectivity index (χ1v) is 14.1. The number of amides is 1. The third-order valence-electron chi connectivity index (χ3n) is 7.67. The Kier molecular flexibility index (Phi) is 6.04. The lowest BCUT2D eigenvalue weighted by molar-refractivity contribution is -0.109. The first kappa shape index (κ1) is 25.3. The van der Waals surface area contributed by atoms with Gasteiger partial charge < -0.3 is 9.64 Å². The molecule has 1 aliphatic carbocycles. The lowest BCUT2D eigenvalue weighted by atomic mass is 9.79. The van der Waals surface area contributed by atoms with Crippen molar-refractivity contribution in [2.75, 3.05) is 11.4 Å². The van der Waals surface area contributed by atoms with E-state index in [4.69, 9.17) is 10.6 Å². The standard InChI is InChI=1S/C29H24N4O3S.C2H6/c1-29(2)19-5-3-4-6-21(19)33-10-9-23-18(26(29)33)12-16-11-17(22(34)14-24(16)36-23)28-31-20-8-7-15(27(35)32-30)13-25(20)37-28;1-2/h3-8,11-14,23H,9-10,30H2,1-2H3,(H,32,35);1-2H3. The first-order valence-electron chi connectivity index (χ1n) is 13.3. The van der Waals surface area contributed by atoms with Crippen LogP contribution in [0.1, 0.15) is 55.0 Å². The van der Waals surface area contributed by atoms with Crippen molar-refractivity contribution in [3.8, 4) is 0 Å². The molecule has 3 N–H and O–H groups in total. The van der Waals surface area contributed by atoms with E-state index in [0.717, 1.165) is 28.8 Å². The Morgan fingerprint density at radius 2 is 1.95 bits per heavy atom. The van der Waals surface area contributed by atoms with Crippen molar-refractivity contribution in [1.29, 1.82) is 0 Å².